The molecule has 5 heteroatoms. The molecule has 1 fully saturated rings. The first-order valence-electron chi connectivity index (χ1n) is 6.47. The van der Waals surface area contributed by atoms with Gasteiger partial charge >= 0.3 is 0 Å². The Morgan fingerprint density at radius 2 is 2.16 bits per heavy atom. The van der Waals surface area contributed by atoms with Crippen molar-refractivity contribution in [3.8, 4) is 0 Å². The maximum Gasteiger partial charge on any atom is 0.121 e. The molecule has 0 spiro atoms. The topological polar surface area (TPSA) is 37.8 Å². The molecular weight excluding hydrogens is 281 g/mol. The minimum absolute atomic E-state index is 0.449. The third-order valence-electron chi connectivity index (χ3n) is 3.55. The fraction of sp³-hybridized carbons (Fsp3) is 0.429. The molecule has 1 aliphatic carbocycles. The number of nitrogens with one attached hydrogen (secondary N) is 1. The van der Waals surface area contributed by atoms with Crippen LogP contribution in [0.25, 0.3) is 10.9 Å². The molecule has 0 bridgehead atoms. The summed E-state index contributed by atoms with van der Waals surface area (Å²) in [6.07, 6.45) is 8.44. The highest BCUT2D eigenvalue weighted by Crippen LogP contribution is 2.55. The first-order valence-corrected chi connectivity index (χ1v) is 7.23. The maximum atomic E-state index is 6.01. The fourth-order valence-corrected chi connectivity index (χ4v) is 2.90. The molecule has 3 rings (SSSR count). The second-order valence-corrected chi connectivity index (χ2v) is 6.52. The molecule has 0 aliphatic heterocycles. The summed E-state index contributed by atoms with van der Waals surface area (Å²) in [5.74, 6) is 0.469. The summed E-state index contributed by atoms with van der Waals surface area (Å²) < 4.78 is -0.449. The average molecular weight is 296 g/mol. The zero-order chi connectivity index (χ0) is 13.3. The van der Waals surface area contributed by atoms with Crippen LogP contribution in [0.1, 0.15) is 19.3 Å². The number of aromatic nitrogens is 2. The Hall–Kier alpha value is -1.06. The van der Waals surface area contributed by atoms with E-state index in [0.717, 1.165) is 42.4 Å². The lowest BCUT2D eigenvalue weighted by atomic mass is 10.2. The van der Waals surface area contributed by atoms with Crippen molar-refractivity contribution in [2.75, 3.05) is 11.9 Å². The van der Waals surface area contributed by atoms with Crippen molar-refractivity contribution in [3.05, 3.63) is 30.7 Å². The zero-order valence-electron chi connectivity index (χ0n) is 10.4. The van der Waals surface area contributed by atoms with Gasteiger partial charge in [0.15, 0.2) is 0 Å². The van der Waals surface area contributed by atoms with E-state index in [0.29, 0.717) is 5.92 Å². The molecule has 0 aromatic carbocycles. The van der Waals surface area contributed by atoms with Crippen LogP contribution in [-0.2, 0) is 0 Å². The van der Waals surface area contributed by atoms with Crippen LogP contribution in [0.3, 0.4) is 0 Å². The number of nitrogens with zero attached hydrogens (tertiary/aromatic N) is 2. The Labute approximate surface area is 122 Å². The molecule has 19 heavy (non-hydrogen) atoms. The normalized spacial score (nSPS) is 20.4. The maximum absolute atomic E-state index is 6.01. The van der Waals surface area contributed by atoms with Crippen LogP contribution in [0.4, 0.5) is 5.69 Å². The van der Waals surface area contributed by atoms with Crippen molar-refractivity contribution in [2.45, 2.75) is 23.6 Å². The van der Waals surface area contributed by atoms with Gasteiger partial charge in [0, 0.05) is 30.0 Å². The van der Waals surface area contributed by atoms with Crippen molar-refractivity contribution in [1.82, 2.24) is 9.97 Å². The quantitative estimate of drug-likeness (QED) is 0.669. The smallest absolute Gasteiger partial charge is 0.121 e. The highest BCUT2D eigenvalue weighted by Gasteiger charge is 2.50. The van der Waals surface area contributed by atoms with Gasteiger partial charge in [0.2, 0.25) is 0 Å². The average Bonchev–Trinajstić information content (AvgIpc) is 3.02. The molecule has 0 saturated heterocycles. The van der Waals surface area contributed by atoms with E-state index in [4.69, 9.17) is 23.2 Å². The summed E-state index contributed by atoms with van der Waals surface area (Å²) >= 11 is 12.0. The lowest BCUT2D eigenvalue weighted by Gasteiger charge is -2.09. The van der Waals surface area contributed by atoms with Crippen molar-refractivity contribution >= 4 is 39.8 Å². The second kappa shape index (κ2) is 5.14. The van der Waals surface area contributed by atoms with Crippen molar-refractivity contribution in [3.63, 3.8) is 0 Å². The molecule has 2 heterocycles. The Morgan fingerprint density at radius 1 is 1.32 bits per heavy atom. The minimum atomic E-state index is -0.449. The van der Waals surface area contributed by atoms with Crippen molar-refractivity contribution in [2.24, 2.45) is 5.92 Å². The van der Waals surface area contributed by atoms with E-state index in [9.17, 15) is 0 Å². The number of anilines is 1. The van der Waals surface area contributed by atoms with Crippen LogP contribution in [0, 0.1) is 5.92 Å². The van der Waals surface area contributed by atoms with Gasteiger partial charge in [0.05, 0.1) is 11.7 Å². The molecule has 1 atom stereocenters. The number of rotatable bonds is 5. The Kier molecular flexibility index (Phi) is 3.50. The summed E-state index contributed by atoms with van der Waals surface area (Å²) in [5, 5.41) is 4.55. The predicted octanol–water partition coefficient (Wildman–Crippen LogP) is 4.02. The Morgan fingerprint density at radius 3 is 2.95 bits per heavy atom. The first kappa shape index (κ1) is 12.9. The summed E-state index contributed by atoms with van der Waals surface area (Å²) in [5.41, 5.74) is 2.02. The highest BCUT2D eigenvalue weighted by molar-refractivity contribution is 6.50. The van der Waals surface area contributed by atoms with E-state index in [-0.39, 0.29) is 0 Å². The summed E-state index contributed by atoms with van der Waals surface area (Å²) in [6.45, 7) is 0.918. The molecule has 1 aliphatic rings. The van der Waals surface area contributed by atoms with Crippen LogP contribution < -0.4 is 5.32 Å². The predicted molar refractivity (Wildman–Crippen MR) is 79.8 cm³/mol. The molecule has 100 valence electrons. The molecule has 1 saturated carbocycles. The fourth-order valence-electron chi connectivity index (χ4n) is 2.31. The number of hydrogen-bond donors (Lipinski definition) is 1. The van der Waals surface area contributed by atoms with Gasteiger partial charge in [-0.25, -0.2) is 0 Å². The van der Waals surface area contributed by atoms with Crippen LogP contribution in [0.15, 0.2) is 30.7 Å². The Bertz CT molecular complexity index is 580. The van der Waals surface area contributed by atoms with Crippen molar-refractivity contribution in [1.29, 1.82) is 0 Å². The zero-order valence-corrected chi connectivity index (χ0v) is 12.0. The standard InChI is InChI=1S/C14H15Cl2N3/c15-14(16)8-10(14)2-1-5-18-12-4-7-19-13-9-17-6-3-11(12)13/h3-4,6-7,9-10H,1-2,5,8H2,(H,18,19). The van der Waals surface area contributed by atoms with Gasteiger partial charge < -0.3 is 5.32 Å². The van der Waals surface area contributed by atoms with Gasteiger partial charge in [-0.15, -0.1) is 23.2 Å². The molecule has 2 aromatic rings. The summed E-state index contributed by atoms with van der Waals surface area (Å²) in [6, 6.07) is 3.97. The summed E-state index contributed by atoms with van der Waals surface area (Å²) in [4.78, 5) is 8.37. The van der Waals surface area contributed by atoms with E-state index < -0.39 is 4.33 Å². The third kappa shape index (κ3) is 2.93. The first-order chi connectivity index (χ1) is 9.17. The molecule has 0 radical (unpaired) electrons. The molecule has 1 N–H and O–H groups in total. The van der Waals surface area contributed by atoms with Gasteiger partial charge in [0.25, 0.3) is 0 Å². The number of alkyl halides is 2. The lowest BCUT2D eigenvalue weighted by molar-refractivity contribution is 0.681. The Balaban J connectivity index is 1.57. The lowest BCUT2D eigenvalue weighted by Crippen LogP contribution is -2.03. The molecular formula is C14H15Cl2N3. The van der Waals surface area contributed by atoms with Gasteiger partial charge in [-0.1, -0.05) is 0 Å². The van der Waals surface area contributed by atoms with Gasteiger partial charge in [-0.2, -0.15) is 0 Å². The largest absolute Gasteiger partial charge is 0.384 e. The van der Waals surface area contributed by atoms with Crippen LogP contribution >= 0.6 is 23.2 Å². The van der Waals surface area contributed by atoms with E-state index in [1.165, 1.54) is 0 Å². The van der Waals surface area contributed by atoms with Crippen molar-refractivity contribution < 1.29 is 0 Å². The molecule has 1 unspecified atom stereocenters. The molecule has 2 aromatic heterocycles. The van der Waals surface area contributed by atoms with E-state index in [2.05, 4.69) is 15.3 Å². The van der Waals surface area contributed by atoms with Crippen LogP contribution in [-0.4, -0.2) is 20.8 Å². The van der Waals surface area contributed by atoms with Crippen LogP contribution in [0.5, 0.6) is 0 Å². The third-order valence-corrected chi connectivity index (χ3v) is 4.47. The molecule has 3 nitrogen and oxygen atoms in total. The number of halogens is 2. The van der Waals surface area contributed by atoms with E-state index in [1.54, 1.807) is 18.6 Å². The van der Waals surface area contributed by atoms with E-state index in [1.807, 2.05) is 12.1 Å². The second-order valence-electron chi connectivity index (χ2n) is 4.98. The summed E-state index contributed by atoms with van der Waals surface area (Å²) in [7, 11) is 0. The number of pyridine rings is 2. The van der Waals surface area contributed by atoms with Crippen LogP contribution in [0.2, 0.25) is 0 Å². The van der Waals surface area contributed by atoms with Gasteiger partial charge in [-0.05, 0) is 37.3 Å². The monoisotopic (exact) mass is 295 g/mol. The number of fused-ring (bicyclic) bond motifs is 1. The minimum Gasteiger partial charge on any atom is -0.384 e. The molecule has 0 amide bonds. The van der Waals surface area contributed by atoms with Gasteiger partial charge in [-0.3, -0.25) is 9.97 Å². The van der Waals surface area contributed by atoms with E-state index >= 15 is 0 Å². The highest BCUT2D eigenvalue weighted by atomic mass is 35.5. The SMILES string of the molecule is ClC1(Cl)CC1CCCNc1ccnc2cnccc12. The number of hydrogen-bond acceptors (Lipinski definition) is 3. The van der Waals surface area contributed by atoms with Gasteiger partial charge in [0.1, 0.15) is 4.33 Å².